The van der Waals surface area contributed by atoms with Crippen LogP contribution in [-0.2, 0) is 11.3 Å². The lowest BCUT2D eigenvalue weighted by atomic mass is 10.0. The highest BCUT2D eigenvalue weighted by atomic mass is 16.5. The number of carboxylic acids is 1. The largest absolute Gasteiger partial charge is 0.494 e. The Balaban J connectivity index is 2.65. The number of benzene rings is 1. The molecule has 4 heteroatoms. The fourth-order valence-electron chi connectivity index (χ4n) is 1.55. The van der Waals surface area contributed by atoms with Gasteiger partial charge in [0.1, 0.15) is 11.3 Å². The van der Waals surface area contributed by atoms with Crippen molar-refractivity contribution in [1.82, 2.24) is 4.90 Å². The van der Waals surface area contributed by atoms with Crippen molar-refractivity contribution in [2.24, 2.45) is 0 Å². The number of rotatable bonds is 7. The van der Waals surface area contributed by atoms with E-state index >= 15 is 0 Å². The van der Waals surface area contributed by atoms with Gasteiger partial charge >= 0.3 is 5.97 Å². The van der Waals surface area contributed by atoms with Gasteiger partial charge in [-0.05, 0) is 45.0 Å². The van der Waals surface area contributed by atoms with Crippen LogP contribution in [0.2, 0.25) is 0 Å². The third-order valence-electron chi connectivity index (χ3n) is 3.29. The monoisotopic (exact) mass is 265 g/mol. The van der Waals surface area contributed by atoms with E-state index in [1.54, 1.807) is 13.8 Å². The predicted molar refractivity (Wildman–Crippen MR) is 75.4 cm³/mol. The lowest BCUT2D eigenvalue weighted by Gasteiger charge is -2.31. The molecule has 4 nitrogen and oxygen atoms in total. The van der Waals surface area contributed by atoms with E-state index in [4.69, 9.17) is 9.84 Å². The molecule has 0 heterocycles. The van der Waals surface area contributed by atoms with E-state index in [1.807, 2.05) is 36.2 Å². The van der Waals surface area contributed by atoms with Gasteiger partial charge in [-0.1, -0.05) is 19.1 Å². The molecule has 0 saturated carbocycles. The molecular weight excluding hydrogens is 242 g/mol. The highest BCUT2D eigenvalue weighted by Crippen LogP contribution is 2.18. The summed E-state index contributed by atoms with van der Waals surface area (Å²) in [5.74, 6) is 0.0312. The molecule has 0 radical (unpaired) electrons. The van der Waals surface area contributed by atoms with Crippen LogP contribution in [-0.4, -0.2) is 35.2 Å². The summed E-state index contributed by atoms with van der Waals surface area (Å²) in [4.78, 5) is 13.0. The maximum atomic E-state index is 11.2. The molecule has 19 heavy (non-hydrogen) atoms. The third-order valence-corrected chi connectivity index (χ3v) is 3.29. The van der Waals surface area contributed by atoms with E-state index in [2.05, 4.69) is 6.92 Å². The lowest BCUT2D eigenvalue weighted by Crippen LogP contribution is -2.47. The minimum Gasteiger partial charge on any atom is -0.494 e. The molecule has 0 aromatic heterocycles. The molecule has 0 atom stereocenters. The molecule has 0 bridgehead atoms. The van der Waals surface area contributed by atoms with Crippen LogP contribution in [0.3, 0.4) is 0 Å². The summed E-state index contributed by atoms with van der Waals surface area (Å²) in [6.45, 7) is 6.78. The molecule has 0 saturated heterocycles. The average molecular weight is 265 g/mol. The third kappa shape index (κ3) is 4.24. The Morgan fingerprint density at radius 2 is 1.89 bits per heavy atom. The summed E-state index contributed by atoms with van der Waals surface area (Å²) in [6, 6.07) is 7.79. The molecule has 106 valence electrons. The summed E-state index contributed by atoms with van der Waals surface area (Å²) < 4.78 is 5.51. The zero-order chi connectivity index (χ0) is 14.5. The SMILES string of the molecule is CCCOc1ccc(CN(C)C(C)(C)C(=O)O)cc1. The van der Waals surface area contributed by atoms with Crippen molar-refractivity contribution < 1.29 is 14.6 Å². The number of carboxylic acid groups (broad SMARTS) is 1. The second-order valence-corrected chi connectivity index (χ2v) is 5.21. The van der Waals surface area contributed by atoms with Crippen molar-refractivity contribution in [3.63, 3.8) is 0 Å². The fraction of sp³-hybridized carbons (Fsp3) is 0.533. The van der Waals surface area contributed by atoms with Crippen molar-refractivity contribution >= 4 is 5.97 Å². The molecule has 0 unspecified atom stereocenters. The van der Waals surface area contributed by atoms with E-state index in [0.29, 0.717) is 13.2 Å². The van der Waals surface area contributed by atoms with Crippen LogP contribution in [0, 0.1) is 0 Å². The van der Waals surface area contributed by atoms with Crippen LogP contribution in [0.15, 0.2) is 24.3 Å². The maximum Gasteiger partial charge on any atom is 0.323 e. The van der Waals surface area contributed by atoms with Gasteiger partial charge in [-0.25, -0.2) is 0 Å². The summed E-state index contributed by atoms with van der Waals surface area (Å²) >= 11 is 0. The molecule has 0 aliphatic rings. The van der Waals surface area contributed by atoms with Crippen LogP contribution in [0.4, 0.5) is 0 Å². The molecule has 0 fully saturated rings. The summed E-state index contributed by atoms with van der Waals surface area (Å²) in [7, 11) is 1.82. The van der Waals surface area contributed by atoms with E-state index in [0.717, 1.165) is 17.7 Å². The van der Waals surface area contributed by atoms with Crippen molar-refractivity contribution in [3.8, 4) is 5.75 Å². The van der Waals surface area contributed by atoms with Gasteiger partial charge in [0.25, 0.3) is 0 Å². The van der Waals surface area contributed by atoms with Gasteiger partial charge in [0.2, 0.25) is 0 Å². The zero-order valence-corrected chi connectivity index (χ0v) is 12.1. The smallest absolute Gasteiger partial charge is 0.323 e. The van der Waals surface area contributed by atoms with E-state index in [9.17, 15) is 4.79 Å². The van der Waals surface area contributed by atoms with E-state index < -0.39 is 11.5 Å². The Hall–Kier alpha value is -1.55. The van der Waals surface area contributed by atoms with Crippen molar-refractivity contribution in [1.29, 1.82) is 0 Å². The molecular formula is C15H23NO3. The molecule has 1 rings (SSSR count). The highest BCUT2D eigenvalue weighted by Gasteiger charge is 2.31. The number of carbonyl (C=O) groups is 1. The van der Waals surface area contributed by atoms with Gasteiger partial charge in [0.05, 0.1) is 6.61 Å². The Bertz CT molecular complexity index is 412. The molecule has 0 aliphatic carbocycles. The number of ether oxygens (including phenoxy) is 1. The number of hydrogen-bond donors (Lipinski definition) is 1. The molecule has 1 N–H and O–H groups in total. The zero-order valence-electron chi connectivity index (χ0n) is 12.1. The molecule has 0 spiro atoms. The Kier molecular flexibility index (Phi) is 5.36. The highest BCUT2D eigenvalue weighted by molar-refractivity contribution is 5.77. The van der Waals surface area contributed by atoms with Gasteiger partial charge < -0.3 is 9.84 Å². The lowest BCUT2D eigenvalue weighted by molar-refractivity contribution is -0.148. The Morgan fingerprint density at radius 1 is 1.32 bits per heavy atom. The van der Waals surface area contributed by atoms with E-state index in [1.165, 1.54) is 0 Å². The standard InChI is InChI=1S/C15H23NO3/c1-5-10-19-13-8-6-12(7-9-13)11-16(4)15(2,3)14(17)18/h6-9H,5,10-11H2,1-4H3,(H,17,18). The molecule has 1 aromatic carbocycles. The number of nitrogens with zero attached hydrogens (tertiary/aromatic N) is 1. The topological polar surface area (TPSA) is 49.8 Å². The first-order valence-electron chi connectivity index (χ1n) is 6.54. The van der Waals surface area contributed by atoms with Gasteiger partial charge in [0.15, 0.2) is 0 Å². The molecule has 0 amide bonds. The normalized spacial score (nSPS) is 11.6. The molecule has 0 aliphatic heterocycles. The van der Waals surface area contributed by atoms with Crippen LogP contribution >= 0.6 is 0 Å². The first kappa shape index (κ1) is 15.5. The maximum absolute atomic E-state index is 11.2. The quantitative estimate of drug-likeness (QED) is 0.823. The predicted octanol–water partition coefficient (Wildman–Crippen LogP) is 2.77. The van der Waals surface area contributed by atoms with Gasteiger partial charge in [-0.15, -0.1) is 0 Å². The van der Waals surface area contributed by atoms with E-state index in [-0.39, 0.29) is 0 Å². The van der Waals surface area contributed by atoms with Gasteiger partial charge in [-0.3, -0.25) is 9.69 Å². The van der Waals surface area contributed by atoms with Gasteiger partial charge in [-0.2, -0.15) is 0 Å². The number of hydrogen-bond acceptors (Lipinski definition) is 3. The first-order valence-corrected chi connectivity index (χ1v) is 6.54. The second-order valence-electron chi connectivity index (χ2n) is 5.21. The average Bonchev–Trinajstić information content (AvgIpc) is 2.37. The minimum absolute atomic E-state index is 0.591. The minimum atomic E-state index is -0.878. The summed E-state index contributed by atoms with van der Waals surface area (Å²) in [5.41, 5.74) is 0.192. The van der Waals surface area contributed by atoms with Crippen LogP contribution < -0.4 is 4.74 Å². The van der Waals surface area contributed by atoms with Crippen LogP contribution in [0.1, 0.15) is 32.8 Å². The Labute approximate surface area is 115 Å². The van der Waals surface area contributed by atoms with Crippen LogP contribution in [0.25, 0.3) is 0 Å². The number of likely N-dealkylation sites (N-methyl/N-ethyl adjacent to an activating group) is 1. The molecule has 1 aromatic rings. The fourth-order valence-corrected chi connectivity index (χ4v) is 1.55. The Morgan fingerprint density at radius 3 is 2.37 bits per heavy atom. The van der Waals surface area contributed by atoms with Crippen molar-refractivity contribution in [2.75, 3.05) is 13.7 Å². The number of aliphatic carboxylic acids is 1. The van der Waals surface area contributed by atoms with Gasteiger partial charge in [0, 0.05) is 6.54 Å². The summed E-state index contributed by atoms with van der Waals surface area (Å²) in [5, 5.41) is 9.17. The summed E-state index contributed by atoms with van der Waals surface area (Å²) in [6.07, 6.45) is 0.983. The van der Waals surface area contributed by atoms with Crippen molar-refractivity contribution in [3.05, 3.63) is 29.8 Å². The second kappa shape index (κ2) is 6.57. The first-order chi connectivity index (χ1) is 8.87. The van der Waals surface area contributed by atoms with Crippen LogP contribution in [0.5, 0.6) is 5.75 Å². The van der Waals surface area contributed by atoms with Crippen molar-refractivity contribution in [2.45, 2.75) is 39.3 Å².